The van der Waals surface area contributed by atoms with Crippen LogP contribution in [0.1, 0.15) is 0 Å². The Morgan fingerprint density at radius 2 is 0.615 bits per heavy atom. The lowest BCUT2D eigenvalue weighted by molar-refractivity contribution is 1.68. The zero-order valence-electron chi connectivity index (χ0n) is 28.5. The van der Waals surface area contributed by atoms with Gasteiger partial charge < -0.3 is 0 Å². The first-order valence-electron chi connectivity index (χ1n) is 18.1. The minimum absolute atomic E-state index is 1.23. The van der Waals surface area contributed by atoms with Gasteiger partial charge in [0.1, 0.15) is 0 Å². The van der Waals surface area contributed by atoms with Crippen LogP contribution in [0.2, 0.25) is 0 Å². The van der Waals surface area contributed by atoms with Gasteiger partial charge in [0.15, 0.2) is 0 Å². The molecule has 0 fully saturated rings. The first kappa shape index (κ1) is 29.0. The Labute approximate surface area is 301 Å². The maximum atomic E-state index is 2.43. The molecule has 0 N–H and O–H groups in total. The van der Waals surface area contributed by atoms with Crippen molar-refractivity contribution in [3.8, 4) is 33.4 Å². The Morgan fingerprint density at radius 1 is 0.192 bits per heavy atom. The summed E-state index contributed by atoms with van der Waals surface area (Å²) in [7, 11) is 0. The van der Waals surface area contributed by atoms with Gasteiger partial charge in [-0.15, -0.1) is 0 Å². The van der Waals surface area contributed by atoms with Gasteiger partial charge in [-0.2, -0.15) is 0 Å². The van der Waals surface area contributed by atoms with Crippen LogP contribution in [0.3, 0.4) is 0 Å². The second-order valence-electron chi connectivity index (χ2n) is 14.0. The average Bonchev–Trinajstić information content (AvgIpc) is 3.22. The van der Waals surface area contributed by atoms with Crippen LogP contribution in [-0.4, -0.2) is 0 Å². The summed E-state index contributed by atoms with van der Waals surface area (Å²) < 4.78 is 0. The molecule has 11 aromatic rings. The number of rotatable bonds is 3. The minimum atomic E-state index is 1.23. The summed E-state index contributed by atoms with van der Waals surface area (Å²) in [6.07, 6.45) is 0. The molecular weight excluding hydrogens is 625 g/mol. The topological polar surface area (TPSA) is 0 Å². The monoisotopic (exact) mass is 656 g/mol. The summed E-state index contributed by atoms with van der Waals surface area (Å²) >= 11 is 0. The summed E-state index contributed by atoms with van der Waals surface area (Å²) in [5.74, 6) is 0. The maximum Gasteiger partial charge on any atom is -0.00199 e. The van der Waals surface area contributed by atoms with Crippen LogP contribution >= 0.6 is 0 Å². The molecule has 0 spiro atoms. The second-order valence-corrected chi connectivity index (χ2v) is 14.0. The van der Waals surface area contributed by atoms with E-state index in [1.807, 2.05) is 0 Å². The third-order valence-electron chi connectivity index (χ3n) is 11.2. The molecule has 0 heteroatoms. The summed E-state index contributed by atoms with van der Waals surface area (Å²) in [6, 6.07) is 71.9. The summed E-state index contributed by atoms with van der Waals surface area (Å²) in [5.41, 5.74) is 7.60. The highest BCUT2D eigenvalue weighted by molar-refractivity contribution is 6.26. The van der Waals surface area contributed by atoms with Gasteiger partial charge in [0, 0.05) is 0 Å². The van der Waals surface area contributed by atoms with Crippen LogP contribution < -0.4 is 0 Å². The highest BCUT2D eigenvalue weighted by Gasteiger charge is 2.19. The molecule has 11 rings (SSSR count). The van der Waals surface area contributed by atoms with Crippen LogP contribution in [0.5, 0.6) is 0 Å². The molecular formula is C52H32. The Kier molecular flexibility index (Phi) is 6.35. The smallest absolute Gasteiger partial charge is 0.00199 e. The molecule has 0 heterocycles. The fourth-order valence-electron chi connectivity index (χ4n) is 8.84. The van der Waals surface area contributed by atoms with Gasteiger partial charge in [0.25, 0.3) is 0 Å². The Morgan fingerprint density at radius 3 is 1.29 bits per heavy atom. The number of hydrogen-bond acceptors (Lipinski definition) is 0. The van der Waals surface area contributed by atoms with Crippen molar-refractivity contribution in [2.45, 2.75) is 0 Å². The molecule has 0 aromatic heterocycles. The van der Waals surface area contributed by atoms with E-state index in [0.717, 1.165) is 0 Å². The lowest BCUT2D eigenvalue weighted by atomic mass is 9.83. The molecule has 52 heavy (non-hydrogen) atoms. The lowest BCUT2D eigenvalue weighted by Gasteiger charge is -2.20. The molecule has 0 saturated carbocycles. The fourth-order valence-corrected chi connectivity index (χ4v) is 8.84. The van der Waals surface area contributed by atoms with Crippen molar-refractivity contribution in [2.75, 3.05) is 0 Å². The van der Waals surface area contributed by atoms with E-state index in [9.17, 15) is 0 Å². The Balaban J connectivity index is 1.19. The first-order valence-corrected chi connectivity index (χ1v) is 18.1. The van der Waals surface area contributed by atoms with Crippen molar-refractivity contribution in [2.24, 2.45) is 0 Å². The molecule has 0 unspecified atom stereocenters. The normalized spacial score (nSPS) is 11.8. The minimum Gasteiger partial charge on any atom is -0.0616 e. The van der Waals surface area contributed by atoms with E-state index >= 15 is 0 Å². The Hall–Kier alpha value is -6.76. The number of fused-ring (bicyclic) bond motifs is 9. The summed E-state index contributed by atoms with van der Waals surface area (Å²) in [6.45, 7) is 0. The van der Waals surface area contributed by atoms with Crippen LogP contribution in [-0.2, 0) is 0 Å². The van der Waals surface area contributed by atoms with Gasteiger partial charge in [-0.05, 0) is 133 Å². The van der Waals surface area contributed by atoms with Gasteiger partial charge in [-0.1, -0.05) is 170 Å². The predicted octanol–water partition coefficient (Wildman–Crippen LogP) is 14.8. The standard InChI is InChI=1S/C52H32/c1-2-14-34-29-36(26-25-33(34)13-1)48-30-37-27-28-38(32-49(37)42-19-7-6-18-41(42)48)51-44-21-9-11-23-46(44)52(47-24-12-10-22-45(47)51)50-31-35-15-3-4-16-39(35)40-17-5-8-20-43(40)50/h1-32H. The van der Waals surface area contributed by atoms with Crippen LogP contribution in [0.4, 0.5) is 0 Å². The molecule has 0 nitrogen and oxygen atoms in total. The van der Waals surface area contributed by atoms with Crippen molar-refractivity contribution in [1.29, 1.82) is 0 Å². The zero-order valence-corrected chi connectivity index (χ0v) is 28.5. The average molecular weight is 657 g/mol. The Bertz CT molecular complexity index is 3180. The van der Waals surface area contributed by atoms with Crippen molar-refractivity contribution in [3.63, 3.8) is 0 Å². The molecule has 0 aliphatic carbocycles. The summed E-state index contributed by atoms with van der Waals surface area (Å²) in [4.78, 5) is 0. The van der Waals surface area contributed by atoms with Crippen LogP contribution in [0.15, 0.2) is 194 Å². The highest BCUT2D eigenvalue weighted by Crippen LogP contribution is 2.47. The van der Waals surface area contributed by atoms with Crippen molar-refractivity contribution < 1.29 is 0 Å². The van der Waals surface area contributed by atoms with Crippen molar-refractivity contribution >= 4 is 75.4 Å². The van der Waals surface area contributed by atoms with E-state index < -0.39 is 0 Å². The zero-order chi connectivity index (χ0) is 34.2. The molecule has 0 atom stereocenters. The summed E-state index contributed by atoms with van der Waals surface area (Å²) in [5, 5.41) is 17.8. The third kappa shape index (κ3) is 4.35. The van der Waals surface area contributed by atoms with Gasteiger partial charge in [0.2, 0.25) is 0 Å². The predicted molar refractivity (Wildman–Crippen MR) is 225 cm³/mol. The molecule has 0 amide bonds. The fraction of sp³-hybridized carbons (Fsp3) is 0. The molecule has 240 valence electrons. The molecule has 11 aromatic carbocycles. The lowest BCUT2D eigenvalue weighted by Crippen LogP contribution is -1.92. The molecule has 0 aliphatic rings. The quantitative estimate of drug-likeness (QED) is 0.131. The second kappa shape index (κ2) is 11.4. The third-order valence-corrected chi connectivity index (χ3v) is 11.2. The van der Waals surface area contributed by atoms with Gasteiger partial charge in [-0.3, -0.25) is 0 Å². The van der Waals surface area contributed by atoms with E-state index in [0.29, 0.717) is 0 Å². The number of hydrogen-bond donors (Lipinski definition) is 0. The van der Waals surface area contributed by atoms with Crippen LogP contribution in [0.25, 0.3) is 109 Å². The maximum absolute atomic E-state index is 2.43. The highest BCUT2D eigenvalue weighted by atomic mass is 14.2. The van der Waals surface area contributed by atoms with Crippen LogP contribution in [0, 0.1) is 0 Å². The molecule has 0 bridgehead atoms. The van der Waals surface area contributed by atoms with Crippen molar-refractivity contribution in [1.82, 2.24) is 0 Å². The van der Waals surface area contributed by atoms with Gasteiger partial charge >= 0.3 is 0 Å². The SMILES string of the molecule is c1ccc2cc(-c3cc4ccc(-c5c6ccccc6c(-c6cc7ccccc7c7ccccc67)c6ccccc56)cc4c4ccccc34)ccc2c1. The van der Waals surface area contributed by atoms with Gasteiger partial charge in [-0.25, -0.2) is 0 Å². The largest absolute Gasteiger partial charge is 0.0616 e. The van der Waals surface area contributed by atoms with Gasteiger partial charge in [0.05, 0.1) is 0 Å². The number of benzene rings is 11. The van der Waals surface area contributed by atoms with E-state index in [2.05, 4.69) is 194 Å². The molecule has 0 radical (unpaired) electrons. The van der Waals surface area contributed by atoms with E-state index in [4.69, 9.17) is 0 Å². The van der Waals surface area contributed by atoms with E-state index in [1.54, 1.807) is 0 Å². The van der Waals surface area contributed by atoms with E-state index in [-0.39, 0.29) is 0 Å². The molecule has 0 saturated heterocycles. The first-order chi connectivity index (χ1) is 25.8. The van der Waals surface area contributed by atoms with E-state index in [1.165, 1.54) is 109 Å². The molecule has 0 aliphatic heterocycles. The van der Waals surface area contributed by atoms with Crippen molar-refractivity contribution in [3.05, 3.63) is 194 Å².